The number of hydrogen-bond acceptors (Lipinski definition) is 3. The molecule has 1 fully saturated rings. The molecule has 18 heavy (non-hydrogen) atoms. The average Bonchev–Trinajstić information content (AvgIpc) is 2.79. The van der Waals surface area contributed by atoms with Gasteiger partial charge in [-0.05, 0) is 40.5 Å². The zero-order chi connectivity index (χ0) is 12.5. The second-order valence-corrected chi connectivity index (χ2v) is 5.45. The van der Waals surface area contributed by atoms with Gasteiger partial charge in [0, 0.05) is 18.9 Å². The Morgan fingerprint density at radius 2 is 2.17 bits per heavy atom. The summed E-state index contributed by atoms with van der Waals surface area (Å²) in [5.74, 6) is 1.16. The van der Waals surface area contributed by atoms with E-state index in [0.29, 0.717) is 29.2 Å². The van der Waals surface area contributed by atoms with E-state index in [9.17, 15) is 4.39 Å². The van der Waals surface area contributed by atoms with E-state index in [1.807, 2.05) is 0 Å². The average molecular weight is 316 g/mol. The predicted molar refractivity (Wildman–Crippen MR) is 69.9 cm³/mol. The Balaban J connectivity index is 2.05. The van der Waals surface area contributed by atoms with Crippen LogP contribution in [0.1, 0.15) is 24.3 Å². The SMILES string of the molecule is Fc1c(C2CCNC2)cc2c(c1Br)OCCCO2. The van der Waals surface area contributed by atoms with E-state index in [-0.39, 0.29) is 11.7 Å². The predicted octanol–water partition coefficient (Wildman–Crippen LogP) is 2.83. The molecule has 0 radical (unpaired) electrons. The van der Waals surface area contributed by atoms with Crippen molar-refractivity contribution in [1.82, 2.24) is 5.32 Å². The maximum atomic E-state index is 14.4. The number of nitrogens with one attached hydrogen (secondary N) is 1. The number of halogens is 2. The van der Waals surface area contributed by atoms with Crippen molar-refractivity contribution < 1.29 is 13.9 Å². The molecular formula is C13H15BrFNO2. The van der Waals surface area contributed by atoms with Gasteiger partial charge >= 0.3 is 0 Å². The summed E-state index contributed by atoms with van der Waals surface area (Å²) in [6.45, 7) is 2.95. The van der Waals surface area contributed by atoms with Crippen molar-refractivity contribution in [2.75, 3.05) is 26.3 Å². The highest BCUT2D eigenvalue weighted by Gasteiger charge is 2.26. The molecule has 1 aromatic carbocycles. The first-order chi connectivity index (χ1) is 8.77. The molecule has 1 unspecified atom stereocenters. The van der Waals surface area contributed by atoms with Crippen LogP contribution in [0.5, 0.6) is 11.5 Å². The highest BCUT2D eigenvalue weighted by atomic mass is 79.9. The fraction of sp³-hybridized carbons (Fsp3) is 0.538. The lowest BCUT2D eigenvalue weighted by molar-refractivity contribution is 0.296. The summed E-state index contributed by atoms with van der Waals surface area (Å²) in [5, 5.41) is 3.26. The van der Waals surface area contributed by atoms with Crippen LogP contribution in [0.15, 0.2) is 10.5 Å². The molecule has 3 rings (SSSR count). The number of benzene rings is 1. The van der Waals surface area contributed by atoms with Crippen molar-refractivity contribution in [1.29, 1.82) is 0 Å². The summed E-state index contributed by atoms with van der Waals surface area (Å²) in [6.07, 6.45) is 1.78. The van der Waals surface area contributed by atoms with Gasteiger partial charge in [-0.2, -0.15) is 0 Å². The Labute approximate surface area is 114 Å². The van der Waals surface area contributed by atoms with Gasteiger partial charge < -0.3 is 14.8 Å². The number of ether oxygens (including phenoxy) is 2. The molecule has 98 valence electrons. The fourth-order valence-electron chi connectivity index (χ4n) is 2.48. The van der Waals surface area contributed by atoms with Crippen LogP contribution in [0.4, 0.5) is 4.39 Å². The van der Waals surface area contributed by atoms with Crippen LogP contribution >= 0.6 is 15.9 Å². The molecule has 3 nitrogen and oxygen atoms in total. The molecule has 1 atom stereocenters. The largest absolute Gasteiger partial charge is 0.490 e. The summed E-state index contributed by atoms with van der Waals surface area (Å²) in [5.41, 5.74) is 0.719. The third-order valence-corrected chi connectivity index (χ3v) is 4.16. The summed E-state index contributed by atoms with van der Waals surface area (Å²) >= 11 is 3.30. The maximum absolute atomic E-state index is 14.4. The maximum Gasteiger partial charge on any atom is 0.178 e. The Kier molecular flexibility index (Phi) is 3.43. The van der Waals surface area contributed by atoms with Crippen LogP contribution < -0.4 is 14.8 Å². The van der Waals surface area contributed by atoms with Crippen molar-refractivity contribution in [3.05, 3.63) is 21.9 Å². The third kappa shape index (κ3) is 2.10. The molecule has 2 heterocycles. The zero-order valence-corrected chi connectivity index (χ0v) is 11.6. The first-order valence-electron chi connectivity index (χ1n) is 6.25. The molecule has 0 amide bonds. The van der Waals surface area contributed by atoms with Crippen LogP contribution in [0.2, 0.25) is 0 Å². The van der Waals surface area contributed by atoms with Gasteiger partial charge in [0.25, 0.3) is 0 Å². The van der Waals surface area contributed by atoms with Crippen LogP contribution in [0.3, 0.4) is 0 Å². The fourth-order valence-corrected chi connectivity index (χ4v) is 3.02. The van der Waals surface area contributed by atoms with Gasteiger partial charge in [-0.3, -0.25) is 0 Å². The molecule has 1 aromatic rings. The normalized spacial score (nSPS) is 22.9. The van der Waals surface area contributed by atoms with Crippen LogP contribution in [-0.2, 0) is 0 Å². The minimum atomic E-state index is -0.215. The summed E-state index contributed by atoms with van der Waals surface area (Å²) in [4.78, 5) is 0. The standard InChI is InChI=1S/C13H15BrFNO2/c14-11-12(15)9(8-2-3-16-7-8)6-10-13(11)18-5-1-4-17-10/h6,8,16H,1-5,7H2. The molecule has 0 aliphatic carbocycles. The van der Waals surface area contributed by atoms with Crippen molar-refractivity contribution in [2.24, 2.45) is 0 Å². The number of fused-ring (bicyclic) bond motifs is 1. The van der Waals surface area contributed by atoms with E-state index in [2.05, 4.69) is 21.2 Å². The molecule has 5 heteroatoms. The van der Waals surface area contributed by atoms with Gasteiger partial charge in [-0.15, -0.1) is 0 Å². The second kappa shape index (κ2) is 5.05. The Bertz CT molecular complexity index is 461. The summed E-state index contributed by atoms with van der Waals surface area (Å²) in [7, 11) is 0. The topological polar surface area (TPSA) is 30.5 Å². The van der Waals surface area contributed by atoms with E-state index in [0.717, 1.165) is 31.5 Å². The van der Waals surface area contributed by atoms with Crippen molar-refractivity contribution in [3.8, 4) is 11.5 Å². The van der Waals surface area contributed by atoms with Gasteiger partial charge in [0.1, 0.15) is 5.82 Å². The molecule has 1 N–H and O–H groups in total. The Morgan fingerprint density at radius 3 is 2.94 bits per heavy atom. The molecule has 2 aliphatic heterocycles. The van der Waals surface area contributed by atoms with Gasteiger partial charge in [-0.25, -0.2) is 4.39 Å². The minimum Gasteiger partial charge on any atom is -0.490 e. The minimum absolute atomic E-state index is 0.215. The van der Waals surface area contributed by atoms with E-state index >= 15 is 0 Å². The number of hydrogen-bond donors (Lipinski definition) is 1. The first-order valence-corrected chi connectivity index (χ1v) is 7.05. The van der Waals surface area contributed by atoms with E-state index < -0.39 is 0 Å². The monoisotopic (exact) mass is 315 g/mol. The van der Waals surface area contributed by atoms with E-state index in [1.165, 1.54) is 0 Å². The van der Waals surface area contributed by atoms with Crippen LogP contribution in [-0.4, -0.2) is 26.3 Å². The quantitative estimate of drug-likeness (QED) is 0.864. The van der Waals surface area contributed by atoms with Gasteiger partial charge in [0.15, 0.2) is 11.5 Å². The molecule has 0 aromatic heterocycles. The van der Waals surface area contributed by atoms with Gasteiger partial charge in [0.2, 0.25) is 0 Å². The molecule has 0 saturated carbocycles. The lowest BCUT2D eigenvalue weighted by Crippen LogP contribution is -2.09. The highest BCUT2D eigenvalue weighted by molar-refractivity contribution is 9.10. The van der Waals surface area contributed by atoms with Crippen molar-refractivity contribution in [2.45, 2.75) is 18.8 Å². The molecule has 1 saturated heterocycles. The van der Waals surface area contributed by atoms with Gasteiger partial charge in [0.05, 0.1) is 17.7 Å². The van der Waals surface area contributed by atoms with Crippen molar-refractivity contribution in [3.63, 3.8) is 0 Å². The smallest absolute Gasteiger partial charge is 0.178 e. The Morgan fingerprint density at radius 1 is 1.33 bits per heavy atom. The molecule has 0 spiro atoms. The lowest BCUT2D eigenvalue weighted by atomic mass is 9.97. The molecular weight excluding hydrogens is 301 g/mol. The second-order valence-electron chi connectivity index (χ2n) is 4.66. The zero-order valence-electron chi connectivity index (χ0n) is 9.97. The summed E-state index contributed by atoms with van der Waals surface area (Å²) in [6, 6.07) is 1.80. The summed E-state index contributed by atoms with van der Waals surface area (Å²) < 4.78 is 25.9. The number of rotatable bonds is 1. The van der Waals surface area contributed by atoms with Crippen LogP contribution in [0, 0.1) is 5.82 Å². The van der Waals surface area contributed by atoms with Crippen LogP contribution in [0.25, 0.3) is 0 Å². The highest BCUT2D eigenvalue weighted by Crippen LogP contribution is 2.43. The molecule has 2 aliphatic rings. The third-order valence-electron chi connectivity index (χ3n) is 3.45. The lowest BCUT2D eigenvalue weighted by Gasteiger charge is -2.16. The van der Waals surface area contributed by atoms with E-state index in [4.69, 9.17) is 9.47 Å². The first kappa shape index (κ1) is 12.2. The van der Waals surface area contributed by atoms with E-state index in [1.54, 1.807) is 6.07 Å². The molecule has 0 bridgehead atoms. The van der Waals surface area contributed by atoms with Gasteiger partial charge in [-0.1, -0.05) is 0 Å². The Hall–Kier alpha value is -0.810. The van der Waals surface area contributed by atoms with Crippen molar-refractivity contribution >= 4 is 15.9 Å².